The van der Waals surface area contributed by atoms with E-state index in [1.807, 2.05) is 0 Å². The first-order valence-electron chi connectivity index (χ1n) is 6.64. The molecule has 1 aromatic carbocycles. The molecule has 7 heteroatoms. The predicted molar refractivity (Wildman–Crippen MR) is 79.5 cm³/mol. The zero-order valence-electron chi connectivity index (χ0n) is 11.4. The molecule has 4 nitrogen and oxygen atoms in total. The summed E-state index contributed by atoms with van der Waals surface area (Å²) in [5.74, 6) is -1.33. The summed E-state index contributed by atoms with van der Waals surface area (Å²) in [5, 5.41) is 0.240. The molecule has 114 valence electrons. The maximum atomic E-state index is 13.3. The number of anilines is 2. The summed E-state index contributed by atoms with van der Waals surface area (Å²) in [6.45, 7) is 0.0441. The van der Waals surface area contributed by atoms with Crippen LogP contribution in [0.25, 0.3) is 0 Å². The number of aromatic nitrogens is 1. The average Bonchev–Trinajstić information content (AvgIpc) is 2.43. The van der Waals surface area contributed by atoms with Crippen LogP contribution in [0.1, 0.15) is 17.7 Å². The maximum Gasteiger partial charge on any atom is 0.227 e. The molecule has 1 aromatic heterocycles. The molecular weight excluding hydrogens is 312 g/mol. The highest BCUT2D eigenvalue weighted by Crippen LogP contribution is 2.32. The average molecular weight is 324 g/mol. The molecule has 1 aliphatic heterocycles. The van der Waals surface area contributed by atoms with Crippen molar-refractivity contribution in [3.63, 3.8) is 0 Å². The number of pyridine rings is 1. The Hall–Kier alpha value is -2.21. The Bertz CT molecular complexity index is 746. The van der Waals surface area contributed by atoms with Crippen LogP contribution in [0.3, 0.4) is 0 Å². The maximum absolute atomic E-state index is 13.3. The molecule has 2 aromatic rings. The second-order valence-corrected chi connectivity index (χ2v) is 5.49. The number of hydrogen-bond acceptors (Lipinski definition) is 3. The molecule has 2 heterocycles. The molecule has 1 aliphatic rings. The molecule has 0 bridgehead atoms. The van der Waals surface area contributed by atoms with Gasteiger partial charge in [-0.05, 0) is 23.8 Å². The minimum absolute atomic E-state index is 0.0441. The molecule has 3 rings (SSSR count). The first-order valence-corrected chi connectivity index (χ1v) is 7.02. The zero-order valence-corrected chi connectivity index (χ0v) is 12.2. The second-order valence-electron chi connectivity index (χ2n) is 5.08. The summed E-state index contributed by atoms with van der Waals surface area (Å²) >= 11 is 5.97. The van der Waals surface area contributed by atoms with Gasteiger partial charge in [-0.25, -0.2) is 13.8 Å². The highest BCUT2D eigenvalue weighted by molar-refractivity contribution is 6.33. The lowest BCUT2D eigenvalue weighted by atomic mass is 10.1. The largest absolute Gasteiger partial charge is 0.382 e. The van der Waals surface area contributed by atoms with Gasteiger partial charge in [0.05, 0.1) is 22.9 Å². The van der Waals surface area contributed by atoms with Gasteiger partial charge in [0.25, 0.3) is 0 Å². The number of carbonyl (C=O) groups excluding carboxylic acids is 1. The minimum Gasteiger partial charge on any atom is -0.382 e. The lowest BCUT2D eigenvalue weighted by Crippen LogP contribution is -2.35. The number of aryl methyl sites for hydroxylation is 1. The summed E-state index contributed by atoms with van der Waals surface area (Å²) in [7, 11) is 0. The van der Waals surface area contributed by atoms with Gasteiger partial charge in [-0.3, -0.25) is 4.79 Å². The van der Waals surface area contributed by atoms with Crippen LogP contribution in [0, 0.1) is 11.6 Å². The molecule has 0 fully saturated rings. The number of nitrogen functional groups attached to an aromatic ring is 1. The molecule has 0 atom stereocenters. The lowest BCUT2D eigenvalue weighted by molar-refractivity contribution is -0.119. The molecule has 0 saturated carbocycles. The fraction of sp³-hybridized carbons (Fsp3) is 0.200. The Morgan fingerprint density at radius 3 is 2.55 bits per heavy atom. The standard InChI is InChI=1S/C15H12ClF2N3O/c16-11-6-13-12(20-15(11)19)1-2-14(22)21(13)7-8-3-9(17)5-10(18)4-8/h3-6H,1-2,7H2,(H2,19,20). The molecule has 0 radical (unpaired) electrons. The van der Waals surface area contributed by atoms with Crippen molar-refractivity contribution >= 4 is 29.0 Å². The van der Waals surface area contributed by atoms with Gasteiger partial charge in [0.15, 0.2) is 0 Å². The van der Waals surface area contributed by atoms with Crippen molar-refractivity contribution in [1.82, 2.24) is 4.98 Å². The SMILES string of the molecule is Nc1nc2c(cc1Cl)N(Cc1cc(F)cc(F)c1)C(=O)CC2. The molecule has 0 spiro atoms. The summed E-state index contributed by atoms with van der Waals surface area (Å²) in [6.07, 6.45) is 0.725. The Balaban J connectivity index is 2.00. The van der Waals surface area contributed by atoms with E-state index < -0.39 is 11.6 Å². The number of halogens is 3. The molecule has 0 unspecified atom stereocenters. The number of fused-ring (bicyclic) bond motifs is 1. The summed E-state index contributed by atoms with van der Waals surface area (Å²) < 4.78 is 26.6. The number of hydrogen-bond donors (Lipinski definition) is 1. The monoisotopic (exact) mass is 323 g/mol. The number of carbonyl (C=O) groups is 1. The van der Waals surface area contributed by atoms with Crippen LogP contribution in [0.2, 0.25) is 5.02 Å². The van der Waals surface area contributed by atoms with E-state index in [2.05, 4.69) is 4.98 Å². The van der Waals surface area contributed by atoms with E-state index in [-0.39, 0.29) is 29.7 Å². The van der Waals surface area contributed by atoms with Crippen LogP contribution < -0.4 is 10.6 Å². The van der Waals surface area contributed by atoms with E-state index >= 15 is 0 Å². The summed E-state index contributed by atoms with van der Waals surface area (Å²) in [5.41, 5.74) is 7.20. The van der Waals surface area contributed by atoms with E-state index in [0.29, 0.717) is 23.4 Å². The van der Waals surface area contributed by atoms with Gasteiger partial charge >= 0.3 is 0 Å². The van der Waals surface area contributed by atoms with Crippen molar-refractivity contribution in [1.29, 1.82) is 0 Å². The van der Waals surface area contributed by atoms with Crippen molar-refractivity contribution in [2.75, 3.05) is 10.6 Å². The van der Waals surface area contributed by atoms with E-state index in [1.54, 1.807) is 6.07 Å². The Morgan fingerprint density at radius 2 is 1.86 bits per heavy atom. The van der Waals surface area contributed by atoms with E-state index in [1.165, 1.54) is 17.0 Å². The van der Waals surface area contributed by atoms with E-state index in [4.69, 9.17) is 17.3 Å². The fourth-order valence-corrected chi connectivity index (χ4v) is 2.65. The van der Waals surface area contributed by atoms with Gasteiger partial charge in [0.2, 0.25) is 5.91 Å². The Morgan fingerprint density at radius 1 is 1.18 bits per heavy atom. The normalized spacial score (nSPS) is 14.1. The van der Waals surface area contributed by atoms with Crippen LogP contribution in [0.4, 0.5) is 20.3 Å². The molecule has 1 amide bonds. The molecule has 2 N–H and O–H groups in total. The fourth-order valence-electron chi connectivity index (χ4n) is 2.50. The van der Waals surface area contributed by atoms with E-state index in [9.17, 15) is 13.6 Å². The Labute approximate surface area is 130 Å². The van der Waals surface area contributed by atoms with Crippen molar-refractivity contribution in [3.05, 3.63) is 52.2 Å². The van der Waals surface area contributed by atoms with Crippen molar-refractivity contribution < 1.29 is 13.6 Å². The first kappa shape index (κ1) is 14.7. The number of rotatable bonds is 2. The minimum atomic E-state index is -0.687. The zero-order chi connectivity index (χ0) is 15.9. The summed E-state index contributed by atoms with van der Waals surface area (Å²) in [6, 6.07) is 4.73. The number of nitrogens with two attached hydrogens (primary N) is 1. The number of amides is 1. The highest BCUT2D eigenvalue weighted by atomic mass is 35.5. The van der Waals surface area contributed by atoms with Gasteiger partial charge in [-0.2, -0.15) is 0 Å². The Kier molecular flexibility index (Phi) is 3.70. The van der Waals surface area contributed by atoms with Crippen LogP contribution in [-0.4, -0.2) is 10.9 Å². The van der Waals surface area contributed by atoms with E-state index in [0.717, 1.165) is 6.07 Å². The third kappa shape index (κ3) is 2.74. The van der Waals surface area contributed by atoms with Crippen molar-refractivity contribution in [3.8, 4) is 0 Å². The highest BCUT2D eigenvalue weighted by Gasteiger charge is 2.26. The summed E-state index contributed by atoms with van der Waals surface area (Å²) in [4.78, 5) is 17.8. The second kappa shape index (κ2) is 5.53. The molecule has 0 saturated heterocycles. The van der Waals surface area contributed by atoms with Crippen LogP contribution in [0.5, 0.6) is 0 Å². The number of benzene rings is 1. The van der Waals surface area contributed by atoms with Crippen molar-refractivity contribution in [2.45, 2.75) is 19.4 Å². The first-order chi connectivity index (χ1) is 10.4. The molecule has 0 aliphatic carbocycles. The third-order valence-electron chi connectivity index (χ3n) is 3.49. The lowest BCUT2D eigenvalue weighted by Gasteiger charge is -2.29. The van der Waals surface area contributed by atoms with Gasteiger partial charge in [0, 0.05) is 18.9 Å². The van der Waals surface area contributed by atoms with Crippen LogP contribution in [0.15, 0.2) is 24.3 Å². The van der Waals surface area contributed by atoms with Gasteiger partial charge < -0.3 is 10.6 Å². The van der Waals surface area contributed by atoms with Gasteiger partial charge in [-0.1, -0.05) is 11.6 Å². The molecule has 22 heavy (non-hydrogen) atoms. The van der Waals surface area contributed by atoms with Crippen LogP contribution >= 0.6 is 11.6 Å². The smallest absolute Gasteiger partial charge is 0.227 e. The third-order valence-corrected chi connectivity index (χ3v) is 3.79. The van der Waals surface area contributed by atoms with Crippen LogP contribution in [-0.2, 0) is 17.8 Å². The molecular formula is C15H12ClF2N3O. The van der Waals surface area contributed by atoms with Gasteiger partial charge in [0.1, 0.15) is 17.5 Å². The topological polar surface area (TPSA) is 59.2 Å². The predicted octanol–water partition coefficient (Wildman–Crippen LogP) is 3.07. The van der Waals surface area contributed by atoms with Crippen molar-refractivity contribution in [2.24, 2.45) is 0 Å². The number of nitrogens with zero attached hydrogens (tertiary/aromatic N) is 2. The quantitative estimate of drug-likeness (QED) is 0.924. The van der Waals surface area contributed by atoms with Gasteiger partial charge in [-0.15, -0.1) is 0 Å².